The van der Waals surface area contributed by atoms with Crippen LogP contribution in [0.15, 0.2) is 18.2 Å². The Kier molecular flexibility index (Phi) is 5.95. The molecule has 108 valence electrons. The molecule has 1 aliphatic rings. The van der Waals surface area contributed by atoms with E-state index in [-0.39, 0.29) is 6.61 Å². The average Bonchev–Trinajstić information content (AvgIpc) is 2.70. The zero-order chi connectivity index (χ0) is 14.2. The van der Waals surface area contributed by atoms with Crippen LogP contribution in [0.1, 0.15) is 56.1 Å². The molecule has 1 aliphatic carbocycles. The van der Waals surface area contributed by atoms with Gasteiger partial charge in [-0.15, -0.1) is 0 Å². The van der Waals surface area contributed by atoms with Gasteiger partial charge in [0.05, 0.1) is 12.7 Å². The van der Waals surface area contributed by atoms with E-state index in [2.05, 4.69) is 24.8 Å². The summed E-state index contributed by atoms with van der Waals surface area (Å²) in [5.41, 5.74) is 2.16. The summed E-state index contributed by atoms with van der Waals surface area (Å²) in [6.45, 7) is 2.18. The van der Waals surface area contributed by atoms with E-state index in [1.54, 1.807) is 0 Å². The van der Waals surface area contributed by atoms with Crippen LogP contribution in [-0.2, 0) is 0 Å². The van der Waals surface area contributed by atoms with Crippen molar-refractivity contribution in [3.8, 4) is 17.6 Å². The number of benzene rings is 1. The van der Waals surface area contributed by atoms with Crippen LogP contribution in [0.5, 0.6) is 5.75 Å². The molecular formula is C18H24O2. The number of aliphatic hydroxyl groups excluding tert-OH is 1. The fourth-order valence-corrected chi connectivity index (χ4v) is 2.62. The second-order valence-electron chi connectivity index (χ2n) is 5.48. The van der Waals surface area contributed by atoms with Gasteiger partial charge in [0.15, 0.2) is 0 Å². The molecule has 1 aromatic carbocycles. The van der Waals surface area contributed by atoms with Crippen LogP contribution < -0.4 is 4.74 Å². The highest BCUT2D eigenvalue weighted by atomic mass is 16.5. The number of hydrogen-bond donors (Lipinski definition) is 1. The molecule has 2 rings (SSSR count). The lowest BCUT2D eigenvalue weighted by molar-refractivity contribution is 0.183. The van der Waals surface area contributed by atoms with Crippen molar-refractivity contribution in [2.24, 2.45) is 0 Å². The van der Waals surface area contributed by atoms with E-state index in [0.29, 0.717) is 12.5 Å². The zero-order valence-corrected chi connectivity index (χ0v) is 12.3. The molecule has 0 saturated heterocycles. The maximum absolute atomic E-state index is 8.74. The Morgan fingerprint density at radius 1 is 1.20 bits per heavy atom. The molecule has 2 nitrogen and oxygen atoms in total. The van der Waals surface area contributed by atoms with Gasteiger partial charge >= 0.3 is 0 Å². The van der Waals surface area contributed by atoms with Crippen molar-refractivity contribution in [2.75, 3.05) is 6.61 Å². The molecule has 0 spiro atoms. The lowest BCUT2D eigenvalue weighted by atomic mass is 10.1. The fourth-order valence-electron chi connectivity index (χ4n) is 2.62. The Hall–Kier alpha value is -1.46. The lowest BCUT2D eigenvalue weighted by Gasteiger charge is -2.17. The van der Waals surface area contributed by atoms with Gasteiger partial charge in [0.2, 0.25) is 0 Å². The van der Waals surface area contributed by atoms with Gasteiger partial charge in [-0.3, -0.25) is 0 Å². The van der Waals surface area contributed by atoms with Gasteiger partial charge in [-0.2, -0.15) is 0 Å². The molecule has 0 aliphatic heterocycles. The first-order valence-electron chi connectivity index (χ1n) is 7.66. The molecule has 20 heavy (non-hydrogen) atoms. The van der Waals surface area contributed by atoms with Crippen molar-refractivity contribution < 1.29 is 9.84 Å². The van der Waals surface area contributed by atoms with E-state index in [0.717, 1.165) is 16.9 Å². The van der Waals surface area contributed by atoms with Crippen molar-refractivity contribution in [1.29, 1.82) is 0 Å². The minimum absolute atomic E-state index is 0.120. The van der Waals surface area contributed by atoms with Crippen LogP contribution in [0.25, 0.3) is 0 Å². The quantitative estimate of drug-likeness (QED) is 0.669. The van der Waals surface area contributed by atoms with Crippen LogP contribution in [0.2, 0.25) is 0 Å². The summed E-state index contributed by atoms with van der Waals surface area (Å²) < 4.78 is 6.11. The molecule has 0 radical (unpaired) electrons. The summed E-state index contributed by atoms with van der Waals surface area (Å²) in [4.78, 5) is 0. The highest BCUT2D eigenvalue weighted by molar-refractivity contribution is 5.44. The largest absolute Gasteiger partial charge is 0.490 e. The summed E-state index contributed by atoms with van der Waals surface area (Å²) in [6.07, 6.45) is 8.52. The van der Waals surface area contributed by atoms with E-state index < -0.39 is 0 Å². The first kappa shape index (κ1) is 14.9. The maximum Gasteiger partial charge on any atom is 0.120 e. The van der Waals surface area contributed by atoms with Gasteiger partial charge in [-0.25, -0.2) is 0 Å². The normalized spacial score (nSPS) is 16.1. The van der Waals surface area contributed by atoms with Crippen molar-refractivity contribution in [3.63, 3.8) is 0 Å². The third-order valence-corrected chi connectivity index (χ3v) is 3.76. The van der Waals surface area contributed by atoms with E-state index in [1.165, 1.54) is 38.5 Å². The van der Waals surface area contributed by atoms with Crippen molar-refractivity contribution >= 4 is 0 Å². The lowest BCUT2D eigenvalue weighted by Crippen LogP contribution is -2.15. The molecule has 0 bridgehead atoms. The number of aliphatic hydroxyl groups is 1. The molecule has 1 fully saturated rings. The van der Waals surface area contributed by atoms with E-state index >= 15 is 0 Å². The predicted octanol–water partition coefficient (Wildman–Crippen LogP) is 3.83. The number of ether oxygens (including phenoxy) is 1. The zero-order valence-electron chi connectivity index (χ0n) is 12.3. The Bertz CT molecular complexity index is 474. The van der Waals surface area contributed by atoms with Crippen molar-refractivity contribution in [2.45, 2.75) is 58.0 Å². The Morgan fingerprint density at radius 3 is 2.60 bits per heavy atom. The predicted molar refractivity (Wildman–Crippen MR) is 81.9 cm³/mol. The standard InChI is InChI=1S/C18H24O2/c1-15-14-18(12-11-16(15)8-6-7-13-19)20-17-9-4-2-3-5-10-17/h11-12,14,17,19H,2-5,7,9-10,13H2,1H3. The molecule has 0 amide bonds. The first-order chi connectivity index (χ1) is 9.79. The fraction of sp³-hybridized carbons (Fsp3) is 0.556. The van der Waals surface area contributed by atoms with Gasteiger partial charge < -0.3 is 9.84 Å². The van der Waals surface area contributed by atoms with E-state index in [1.807, 2.05) is 12.1 Å². The minimum atomic E-state index is 0.120. The molecule has 0 heterocycles. The molecule has 1 aromatic rings. The second-order valence-corrected chi connectivity index (χ2v) is 5.48. The monoisotopic (exact) mass is 272 g/mol. The second kappa shape index (κ2) is 7.97. The summed E-state index contributed by atoms with van der Waals surface area (Å²) in [5, 5.41) is 8.74. The smallest absolute Gasteiger partial charge is 0.120 e. The Morgan fingerprint density at radius 2 is 1.95 bits per heavy atom. The summed E-state index contributed by atoms with van der Waals surface area (Å²) in [6, 6.07) is 6.11. The van der Waals surface area contributed by atoms with Gasteiger partial charge in [-0.05, 0) is 56.4 Å². The SMILES string of the molecule is Cc1cc(OC2CCCCCC2)ccc1C#CCCO. The number of aryl methyl sites for hydroxylation is 1. The third kappa shape index (κ3) is 4.58. The highest BCUT2D eigenvalue weighted by Crippen LogP contribution is 2.24. The van der Waals surface area contributed by atoms with Crippen LogP contribution in [-0.4, -0.2) is 17.8 Å². The van der Waals surface area contributed by atoms with Gasteiger partial charge in [0.1, 0.15) is 5.75 Å². The summed E-state index contributed by atoms with van der Waals surface area (Å²) in [7, 11) is 0. The maximum atomic E-state index is 8.74. The molecular weight excluding hydrogens is 248 g/mol. The topological polar surface area (TPSA) is 29.5 Å². The van der Waals surface area contributed by atoms with Crippen molar-refractivity contribution in [3.05, 3.63) is 29.3 Å². The highest BCUT2D eigenvalue weighted by Gasteiger charge is 2.13. The summed E-state index contributed by atoms with van der Waals surface area (Å²) >= 11 is 0. The van der Waals surface area contributed by atoms with Crippen LogP contribution in [0.3, 0.4) is 0 Å². The van der Waals surface area contributed by atoms with E-state index in [9.17, 15) is 0 Å². The third-order valence-electron chi connectivity index (χ3n) is 3.76. The Balaban J connectivity index is 1.99. The summed E-state index contributed by atoms with van der Waals surface area (Å²) in [5.74, 6) is 7.01. The van der Waals surface area contributed by atoms with Gasteiger partial charge in [-0.1, -0.05) is 24.7 Å². The van der Waals surface area contributed by atoms with Crippen LogP contribution in [0, 0.1) is 18.8 Å². The van der Waals surface area contributed by atoms with Gasteiger partial charge in [0.25, 0.3) is 0 Å². The first-order valence-corrected chi connectivity index (χ1v) is 7.66. The molecule has 2 heteroatoms. The Labute approximate surface area is 122 Å². The average molecular weight is 272 g/mol. The van der Waals surface area contributed by atoms with Crippen LogP contribution >= 0.6 is 0 Å². The minimum Gasteiger partial charge on any atom is -0.490 e. The van der Waals surface area contributed by atoms with Crippen LogP contribution in [0.4, 0.5) is 0 Å². The molecule has 0 unspecified atom stereocenters. The van der Waals surface area contributed by atoms with Crippen molar-refractivity contribution in [1.82, 2.24) is 0 Å². The van der Waals surface area contributed by atoms with Gasteiger partial charge in [0, 0.05) is 12.0 Å². The molecule has 0 atom stereocenters. The molecule has 0 aromatic heterocycles. The molecule has 1 N–H and O–H groups in total. The number of hydrogen-bond acceptors (Lipinski definition) is 2. The van der Waals surface area contributed by atoms with E-state index in [4.69, 9.17) is 9.84 Å². The molecule has 1 saturated carbocycles. The number of rotatable bonds is 3.